The van der Waals surface area contributed by atoms with E-state index in [2.05, 4.69) is 10.0 Å². The number of hydrogen-bond acceptors (Lipinski definition) is 4. The molecule has 2 rings (SSSR count). The van der Waals surface area contributed by atoms with Gasteiger partial charge in [0.05, 0.1) is 11.5 Å². The zero-order valence-electron chi connectivity index (χ0n) is 13.5. The highest BCUT2D eigenvalue weighted by Gasteiger charge is 2.14. The lowest BCUT2D eigenvalue weighted by atomic mass is 10.2. The number of nitrogens with one attached hydrogen (secondary N) is 2. The Balaban J connectivity index is 2.06. The maximum Gasteiger partial charge on any atom is 0.261 e. The number of rotatable bonds is 7. The standard InChI is InChI=1S/C17H20N2O4S/c1-13(12-23-2)18-17(20)14-8-10-15(11-9-14)19-24(21,22)16-6-4-3-5-7-16/h3-11,13,19H,12H2,1-2H3,(H,18,20)/t13-/m0/s1. The Bertz CT molecular complexity index is 774. The number of carbonyl (C=O) groups excluding carboxylic acids is 1. The minimum atomic E-state index is -3.64. The molecule has 2 aromatic rings. The van der Waals surface area contributed by atoms with E-state index >= 15 is 0 Å². The summed E-state index contributed by atoms with van der Waals surface area (Å²) in [6.07, 6.45) is 0. The highest BCUT2D eigenvalue weighted by Crippen LogP contribution is 2.16. The minimum absolute atomic E-state index is 0.112. The fourth-order valence-corrected chi connectivity index (χ4v) is 3.18. The van der Waals surface area contributed by atoms with Crippen molar-refractivity contribution in [3.8, 4) is 0 Å². The van der Waals surface area contributed by atoms with Crippen LogP contribution in [0.4, 0.5) is 5.69 Å². The Morgan fingerprint density at radius 1 is 1.08 bits per heavy atom. The quantitative estimate of drug-likeness (QED) is 0.804. The summed E-state index contributed by atoms with van der Waals surface area (Å²) >= 11 is 0. The van der Waals surface area contributed by atoms with Gasteiger partial charge in [-0.3, -0.25) is 9.52 Å². The molecule has 2 N–H and O–H groups in total. The number of carbonyl (C=O) groups is 1. The average molecular weight is 348 g/mol. The van der Waals surface area contributed by atoms with E-state index in [0.29, 0.717) is 17.9 Å². The van der Waals surface area contributed by atoms with Gasteiger partial charge in [0.25, 0.3) is 15.9 Å². The van der Waals surface area contributed by atoms with Gasteiger partial charge in [0, 0.05) is 24.4 Å². The van der Waals surface area contributed by atoms with Crippen molar-refractivity contribution in [2.45, 2.75) is 17.9 Å². The number of anilines is 1. The van der Waals surface area contributed by atoms with Gasteiger partial charge in [0.2, 0.25) is 0 Å². The van der Waals surface area contributed by atoms with Crippen LogP contribution < -0.4 is 10.0 Å². The van der Waals surface area contributed by atoms with Crippen LogP contribution in [0.3, 0.4) is 0 Å². The molecule has 0 aliphatic rings. The molecule has 0 aliphatic heterocycles. The fourth-order valence-electron chi connectivity index (χ4n) is 2.10. The van der Waals surface area contributed by atoms with Crippen molar-refractivity contribution in [2.24, 2.45) is 0 Å². The predicted molar refractivity (Wildman–Crippen MR) is 92.5 cm³/mol. The third kappa shape index (κ3) is 4.81. The molecular weight excluding hydrogens is 328 g/mol. The number of hydrogen-bond donors (Lipinski definition) is 2. The second kappa shape index (κ2) is 7.94. The van der Waals surface area contributed by atoms with Gasteiger partial charge in [-0.25, -0.2) is 8.42 Å². The highest BCUT2D eigenvalue weighted by molar-refractivity contribution is 7.92. The van der Waals surface area contributed by atoms with Crippen LogP contribution in [0.1, 0.15) is 17.3 Å². The van der Waals surface area contributed by atoms with E-state index in [9.17, 15) is 13.2 Å². The van der Waals surface area contributed by atoms with Gasteiger partial charge in [0.1, 0.15) is 0 Å². The minimum Gasteiger partial charge on any atom is -0.383 e. The Kier molecular flexibility index (Phi) is 5.94. The Hall–Kier alpha value is -2.38. The highest BCUT2D eigenvalue weighted by atomic mass is 32.2. The van der Waals surface area contributed by atoms with Gasteiger partial charge >= 0.3 is 0 Å². The van der Waals surface area contributed by atoms with Gasteiger partial charge in [-0.2, -0.15) is 0 Å². The largest absolute Gasteiger partial charge is 0.383 e. The van der Waals surface area contributed by atoms with Crippen LogP contribution >= 0.6 is 0 Å². The van der Waals surface area contributed by atoms with E-state index in [-0.39, 0.29) is 16.8 Å². The molecule has 0 fully saturated rings. The molecule has 0 bridgehead atoms. The molecule has 0 aromatic heterocycles. The first kappa shape index (κ1) is 18.0. The SMILES string of the molecule is COC[C@H](C)NC(=O)c1ccc(NS(=O)(=O)c2ccccc2)cc1. The molecule has 0 saturated carbocycles. The van der Waals surface area contributed by atoms with Gasteiger partial charge in [-0.15, -0.1) is 0 Å². The van der Waals surface area contributed by atoms with E-state index in [4.69, 9.17) is 4.74 Å². The maximum absolute atomic E-state index is 12.2. The average Bonchev–Trinajstić information content (AvgIpc) is 2.56. The molecule has 1 atom stereocenters. The molecule has 128 valence electrons. The van der Waals surface area contributed by atoms with Gasteiger partial charge in [-0.1, -0.05) is 18.2 Å². The van der Waals surface area contributed by atoms with Crippen LogP contribution in [0.5, 0.6) is 0 Å². The van der Waals surface area contributed by atoms with Gasteiger partial charge < -0.3 is 10.1 Å². The lowest BCUT2D eigenvalue weighted by Gasteiger charge is -2.13. The molecule has 0 heterocycles. The molecule has 1 amide bonds. The Morgan fingerprint density at radius 2 is 1.71 bits per heavy atom. The van der Waals surface area contributed by atoms with E-state index in [0.717, 1.165) is 0 Å². The Labute approximate surface area is 141 Å². The molecule has 0 unspecified atom stereocenters. The predicted octanol–water partition coefficient (Wildman–Crippen LogP) is 2.25. The lowest BCUT2D eigenvalue weighted by Crippen LogP contribution is -2.35. The summed E-state index contributed by atoms with van der Waals surface area (Å²) < 4.78 is 31.9. The molecule has 0 aliphatic carbocycles. The summed E-state index contributed by atoms with van der Waals surface area (Å²) in [5.41, 5.74) is 0.834. The van der Waals surface area contributed by atoms with E-state index < -0.39 is 10.0 Å². The molecule has 0 saturated heterocycles. The number of methoxy groups -OCH3 is 1. The third-order valence-electron chi connectivity index (χ3n) is 3.25. The van der Waals surface area contributed by atoms with Crippen LogP contribution in [0.15, 0.2) is 59.5 Å². The number of benzene rings is 2. The van der Waals surface area contributed by atoms with E-state index in [1.54, 1.807) is 49.6 Å². The van der Waals surface area contributed by atoms with Crippen molar-refractivity contribution in [1.29, 1.82) is 0 Å². The third-order valence-corrected chi connectivity index (χ3v) is 4.64. The zero-order valence-corrected chi connectivity index (χ0v) is 14.3. The monoisotopic (exact) mass is 348 g/mol. The van der Waals surface area contributed by atoms with E-state index in [1.165, 1.54) is 12.1 Å². The molecule has 0 radical (unpaired) electrons. The van der Waals surface area contributed by atoms with Crippen LogP contribution in [-0.2, 0) is 14.8 Å². The van der Waals surface area contributed by atoms with Crippen LogP contribution in [0.25, 0.3) is 0 Å². The maximum atomic E-state index is 12.2. The first-order chi connectivity index (χ1) is 11.4. The van der Waals surface area contributed by atoms with Crippen molar-refractivity contribution in [3.63, 3.8) is 0 Å². The summed E-state index contributed by atoms with van der Waals surface area (Å²) in [6.45, 7) is 2.25. The normalized spacial score (nSPS) is 12.4. The summed E-state index contributed by atoms with van der Waals surface area (Å²) in [6, 6.07) is 14.2. The van der Waals surface area contributed by atoms with Crippen molar-refractivity contribution in [1.82, 2.24) is 5.32 Å². The molecule has 0 spiro atoms. The summed E-state index contributed by atoms with van der Waals surface area (Å²) in [4.78, 5) is 12.2. The smallest absolute Gasteiger partial charge is 0.261 e. The summed E-state index contributed by atoms with van der Waals surface area (Å²) in [7, 11) is -2.07. The molecule has 2 aromatic carbocycles. The lowest BCUT2D eigenvalue weighted by molar-refractivity contribution is 0.0905. The second-order valence-corrected chi connectivity index (χ2v) is 7.01. The molecule has 24 heavy (non-hydrogen) atoms. The van der Waals surface area contributed by atoms with Crippen molar-refractivity contribution >= 4 is 21.6 Å². The van der Waals surface area contributed by atoms with Crippen molar-refractivity contribution < 1.29 is 17.9 Å². The van der Waals surface area contributed by atoms with Crippen LogP contribution in [0.2, 0.25) is 0 Å². The Morgan fingerprint density at radius 3 is 2.29 bits per heavy atom. The van der Waals surface area contributed by atoms with E-state index in [1.807, 2.05) is 6.92 Å². The van der Waals surface area contributed by atoms with Gasteiger partial charge in [0.15, 0.2) is 0 Å². The van der Waals surface area contributed by atoms with Crippen molar-refractivity contribution in [3.05, 3.63) is 60.2 Å². The van der Waals surface area contributed by atoms with Crippen LogP contribution in [-0.4, -0.2) is 34.1 Å². The number of ether oxygens (including phenoxy) is 1. The molecule has 6 nitrogen and oxygen atoms in total. The molecular formula is C17H20N2O4S. The second-order valence-electron chi connectivity index (χ2n) is 5.33. The number of amides is 1. The first-order valence-electron chi connectivity index (χ1n) is 7.40. The van der Waals surface area contributed by atoms with Crippen molar-refractivity contribution in [2.75, 3.05) is 18.4 Å². The summed E-state index contributed by atoms with van der Waals surface area (Å²) in [5.74, 6) is -0.239. The van der Waals surface area contributed by atoms with Crippen LogP contribution in [0, 0.1) is 0 Å². The fraction of sp³-hybridized carbons (Fsp3) is 0.235. The molecule has 7 heteroatoms. The number of sulfonamides is 1. The summed E-state index contributed by atoms with van der Waals surface area (Å²) in [5, 5.41) is 2.79. The first-order valence-corrected chi connectivity index (χ1v) is 8.88. The topological polar surface area (TPSA) is 84.5 Å². The van der Waals surface area contributed by atoms with Gasteiger partial charge in [-0.05, 0) is 43.3 Å². The zero-order chi connectivity index (χ0) is 17.6.